The Bertz CT molecular complexity index is 1100. The molecule has 3 aromatic rings. The minimum absolute atomic E-state index is 0.0707. The molecule has 0 amide bonds. The Morgan fingerprint density at radius 1 is 0.857 bits per heavy atom. The minimum Gasteiger partial charge on any atom is -0.199 e. The molecule has 0 aliphatic carbocycles. The topological polar surface area (TPSA) is 46.5 Å². The second kappa shape index (κ2) is 7.59. The molecule has 0 radical (unpaired) electrons. The Kier molecular flexibility index (Phi) is 5.38. The van der Waals surface area contributed by atoms with Crippen LogP contribution < -0.4 is 0 Å². The molecule has 0 heterocycles. The molecule has 0 atom stereocenters. The second-order valence-electron chi connectivity index (χ2n) is 6.18. The molecule has 0 N–H and O–H groups in total. The van der Waals surface area contributed by atoms with Crippen LogP contribution in [0, 0.1) is 6.92 Å². The predicted molar refractivity (Wildman–Crippen MR) is 103 cm³/mol. The summed E-state index contributed by atoms with van der Waals surface area (Å²) in [6, 6.07) is 17.8. The van der Waals surface area contributed by atoms with E-state index in [1.165, 1.54) is 30.5 Å². The van der Waals surface area contributed by atoms with Gasteiger partial charge in [0.05, 0.1) is 10.5 Å². The monoisotopic (exact) mass is 403 g/mol. The number of benzene rings is 3. The first-order chi connectivity index (χ1) is 13.2. The van der Waals surface area contributed by atoms with E-state index in [4.69, 9.17) is 0 Å². The van der Waals surface area contributed by atoms with Crippen molar-refractivity contribution >= 4 is 16.2 Å². The maximum absolute atomic E-state index is 12.8. The van der Waals surface area contributed by atoms with Crippen molar-refractivity contribution in [3.63, 3.8) is 0 Å². The molecule has 3 rings (SSSR count). The lowest BCUT2D eigenvalue weighted by atomic mass is 9.99. The zero-order chi connectivity index (χ0) is 20.4. The van der Waals surface area contributed by atoms with Gasteiger partial charge < -0.3 is 0 Å². The molecule has 0 bridgehead atoms. The van der Waals surface area contributed by atoms with Crippen LogP contribution in [-0.2, 0) is 16.2 Å². The van der Waals surface area contributed by atoms with Gasteiger partial charge in [-0.3, -0.25) is 0 Å². The summed E-state index contributed by atoms with van der Waals surface area (Å²) in [5.41, 5.74) is 1.78. The molecule has 0 aliphatic heterocycles. The van der Waals surface area contributed by atoms with Crippen LogP contribution in [0.15, 0.2) is 82.1 Å². The lowest BCUT2D eigenvalue weighted by Crippen LogP contribution is -2.04. The zero-order valence-electron chi connectivity index (χ0n) is 14.8. The summed E-state index contributed by atoms with van der Waals surface area (Å²) >= 11 is 0. The summed E-state index contributed by atoms with van der Waals surface area (Å²) in [7, 11) is -3.88. The number of aryl methyl sites for hydroxylation is 1. The van der Waals surface area contributed by atoms with Crippen molar-refractivity contribution in [1.82, 2.24) is 0 Å². The van der Waals surface area contributed by atoms with E-state index in [1.54, 1.807) is 36.4 Å². The van der Waals surface area contributed by atoms with Crippen molar-refractivity contribution in [2.75, 3.05) is 0 Å². The molecule has 0 unspecified atom stereocenters. The smallest absolute Gasteiger partial charge is 0.199 e. The lowest BCUT2D eigenvalue weighted by molar-refractivity contribution is -0.137. The van der Waals surface area contributed by atoms with Crippen molar-refractivity contribution in [1.29, 1.82) is 0 Å². The van der Waals surface area contributed by atoms with Crippen molar-refractivity contribution in [3.8, 4) is 11.1 Å². The van der Waals surface area contributed by atoms with Gasteiger partial charge in [-0.05, 0) is 42.3 Å². The van der Waals surface area contributed by atoms with Crippen LogP contribution in [0.1, 0.15) is 16.7 Å². The van der Waals surface area contributed by atoms with E-state index in [1.807, 2.05) is 6.92 Å². The highest BCUT2D eigenvalue weighted by atomic mass is 32.2. The first-order valence-corrected chi connectivity index (χ1v) is 9.74. The van der Waals surface area contributed by atoms with Gasteiger partial charge in [0.25, 0.3) is 10.0 Å². The Hall–Kier alpha value is -2.93. The first kappa shape index (κ1) is 19.8. The maximum atomic E-state index is 12.8. The van der Waals surface area contributed by atoms with Gasteiger partial charge in [0.2, 0.25) is 0 Å². The van der Waals surface area contributed by atoms with Crippen molar-refractivity contribution in [3.05, 3.63) is 89.5 Å². The highest BCUT2D eigenvalue weighted by Crippen LogP contribution is 2.31. The number of sulfonamides is 1. The Morgan fingerprint density at radius 2 is 1.46 bits per heavy atom. The van der Waals surface area contributed by atoms with E-state index in [9.17, 15) is 21.6 Å². The van der Waals surface area contributed by atoms with Crippen LogP contribution in [0.3, 0.4) is 0 Å². The van der Waals surface area contributed by atoms with E-state index in [2.05, 4.69) is 4.40 Å². The van der Waals surface area contributed by atoms with E-state index in [0.29, 0.717) is 16.7 Å². The van der Waals surface area contributed by atoms with Gasteiger partial charge in [-0.25, -0.2) is 0 Å². The highest BCUT2D eigenvalue weighted by molar-refractivity contribution is 7.90. The van der Waals surface area contributed by atoms with Gasteiger partial charge in [0.1, 0.15) is 0 Å². The maximum Gasteiger partial charge on any atom is 0.416 e. The molecule has 0 saturated heterocycles. The molecule has 144 valence electrons. The van der Waals surface area contributed by atoms with E-state index < -0.39 is 21.8 Å². The third-order valence-electron chi connectivity index (χ3n) is 4.13. The Morgan fingerprint density at radius 3 is 2.07 bits per heavy atom. The number of alkyl halides is 3. The standard InChI is InChI=1S/C21H16F3NO2S/c1-15-6-12-19(13-7-15)28(26,27)25-14-17-4-2-3-5-20(17)16-8-10-18(11-9-16)21(22,23)24/h2-14H,1H3/b25-14+. The van der Waals surface area contributed by atoms with Gasteiger partial charge in [-0.2, -0.15) is 26.0 Å². The van der Waals surface area contributed by atoms with Crippen LogP contribution in [0.4, 0.5) is 13.2 Å². The fourth-order valence-corrected chi connectivity index (χ4v) is 3.46. The van der Waals surface area contributed by atoms with E-state index >= 15 is 0 Å². The fourth-order valence-electron chi connectivity index (χ4n) is 2.61. The third kappa shape index (κ3) is 4.48. The summed E-state index contributed by atoms with van der Waals surface area (Å²) < 4.78 is 66.8. The van der Waals surface area contributed by atoms with Gasteiger partial charge in [-0.15, -0.1) is 0 Å². The fraction of sp³-hybridized carbons (Fsp3) is 0.0952. The van der Waals surface area contributed by atoms with E-state index in [-0.39, 0.29) is 4.90 Å². The SMILES string of the molecule is Cc1ccc(S(=O)(=O)/N=C/c2ccccc2-c2ccc(C(F)(F)F)cc2)cc1. The van der Waals surface area contributed by atoms with Crippen molar-refractivity contribution < 1.29 is 21.6 Å². The number of hydrogen-bond acceptors (Lipinski definition) is 2. The molecule has 3 nitrogen and oxygen atoms in total. The molecule has 7 heteroatoms. The molecule has 0 saturated carbocycles. The average molecular weight is 403 g/mol. The van der Waals surface area contributed by atoms with Crippen LogP contribution in [0.5, 0.6) is 0 Å². The van der Waals surface area contributed by atoms with Crippen molar-refractivity contribution in [2.24, 2.45) is 4.40 Å². The average Bonchev–Trinajstić information content (AvgIpc) is 2.66. The first-order valence-electron chi connectivity index (χ1n) is 8.30. The number of halogens is 3. The predicted octanol–water partition coefficient (Wildman–Crippen LogP) is 5.49. The van der Waals surface area contributed by atoms with Gasteiger partial charge in [0, 0.05) is 11.8 Å². The quantitative estimate of drug-likeness (QED) is 0.541. The van der Waals surface area contributed by atoms with Crippen LogP contribution in [-0.4, -0.2) is 14.6 Å². The number of nitrogens with zero attached hydrogens (tertiary/aromatic N) is 1. The highest BCUT2D eigenvalue weighted by Gasteiger charge is 2.30. The van der Waals surface area contributed by atoms with Gasteiger partial charge in [-0.1, -0.05) is 54.1 Å². The van der Waals surface area contributed by atoms with Crippen molar-refractivity contribution in [2.45, 2.75) is 18.0 Å². The Labute approximate surface area is 161 Å². The molecule has 28 heavy (non-hydrogen) atoms. The molecule has 0 aromatic heterocycles. The Balaban J connectivity index is 1.94. The number of rotatable bonds is 4. The van der Waals surface area contributed by atoms with Crippen LogP contribution in [0.2, 0.25) is 0 Å². The van der Waals surface area contributed by atoms with Gasteiger partial charge >= 0.3 is 6.18 Å². The molecular weight excluding hydrogens is 387 g/mol. The molecule has 3 aromatic carbocycles. The molecular formula is C21H16F3NO2S. The largest absolute Gasteiger partial charge is 0.416 e. The number of hydrogen-bond donors (Lipinski definition) is 0. The van der Waals surface area contributed by atoms with Gasteiger partial charge in [0.15, 0.2) is 0 Å². The summed E-state index contributed by atoms with van der Waals surface area (Å²) in [6.07, 6.45) is -3.20. The zero-order valence-corrected chi connectivity index (χ0v) is 15.6. The summed E-state index contributed by atoms with van der Waals surface area (Å²) in [6.45, 7) is 1.85. The molecule has 0 fully saturated rings. The normalized spacial score (nSPS) is 12.4. The van der Waals surface area contributed by atoms with Crippen LogP contribution in [0.25, 0.3) is 11.1 Å². The lowest BCUT2D eigenvalue weighted by Gasteiger charge is -2.09. The van der Waals surface area contributed by atoms with Crippen LogP contribution >= 0.6 is 0 Å². The molecule has 0 spiro atoms. The summed E-state index contributed by atoms with van der Waals surface area (Å²) in [4.78, 5) is 0.0707. The summed E-state index contributed by atoms with van der Waals surface area (Å²) in [5.74, 6) is 0. The van der Waals surface area contributed by atoms with E-state index in [0.717, 1.165) is 17.7 Å². The summed E-state index contributed by atoms with van der Waals surface area (Å²) in [5, 5.41) is 0. The molecule has 0 aliphatic rings. The minimum atomic E-state index is -4.42. The third-order valence-corrected chi connectivity index (χ3v) is 5.38. The second-order valence-corrected chi connectivity index (χ2v) is 7.82.